The Morgan fingerprint density at radius 2 is 1.70 bits per heavy atom. The predicted molar refractivity (Wildman–Crippen MR) is 112 cm³/mol. The lowest BCUT2D eigenvalue weighted by Crippen LogP contribution is -2.45. The number of hydrogen-bond acceptors (Lipinski definition) is 7. The van der Waals surface area contributed by atoms with Gasteiger partial charge < -0.3 is 28.9 Å². The van der Waals surface area contributed by atoms with Crippen LogP contribution >= 0.6 is 0 Å². The zero-order chi connectivity index (χ0) is 21.8. The van der Waals surface area contributed by atoms with Gasteiger partial charge in [0, 0.05) is 5.56 Å². The van der Waals surface area contributed by atoms with Crippen LogP contribution in [0.15, 0.2) is 34.4 Å². The molecule has 1 aromatic carbocycles. The van der Waals surface area contributed by atoms with Crippen molar-refractivity contribution >= 4 is 5.71 Å². The average Bonchev–Trinajstić information content (AvgIpc) is 3.14. The monoisotopic (exact) mass is 415 g/mol. The highest BCUT2D eigenvalue weighted by atomic mass is 16.5. The van der Waals surface area contributed by atoms with E-state index in [0.717, 1.165) is 29.5 Å². The number of nitrogens with zero attached hydrogens (tertiary/aromatic N) is 1. The molecule has 3 atom stereocenters. The van der Waals surface area contributed by atoms with Crippen molar-refractivity contribution in [1.82, 2.24) is 0 Å². The van der Waals surface area contributed by atoms with Gasteiger partial charge in [-0.2, -0.15) is 0 Å². The SMILES string of the molecule is COC1=C(OC)C23C(=C/C1=N\O)C[C@H](C)[C@@]2(C)Cc1cc(OC)c(OC)c(OC)c13. The molecule has 0 aromatic heterocycles. The van der Waals surface area contributed by atoms with Crippen LogP contribution in [0.2, 0.25) is 0 Å². The van der Waals surface area contributed by atoms with Crippen LogP contribution in [-0.4, -0.2) is 46.5 Å². The molecule has 7 heteroatoms. The molecule has 162 valence electrons. The Morgan fingerprint density at radius 1 is 1.00 bits per heavy atom. The van der Waals surface area contributed by atoms with Gasteiger partial charge in [0.1, 0.15) is 5.71 Å². The first kappa shape index (κ1) is 20.4. The highest BCUT2D eigenvalue weighted by Crippen LogP contribution is 2.72. The Kier molecular flexibility index (Phi) is 4.67. The molecular weight excluding hydrogens is 386 g/mol. The molecule has 0 radical (unpaired) electrons. The summed E-state index contributed by atoms with van der Waals surface area (Å²) in [6.45, 7) is 4.54. The van der Waals surface area contributed by atoms with Crippen LogP contribution in [0, 0.1) is 11.3 Å². The molecule has 3 aliphatic carbocycles. The largest absolute Gasteiger partial charge is 0.496 e. The standard InChI is InChI=1S/C23H29NO6/c1-12-8-14-10-15(24-25)18(27-4)21(30-7)23(14)17-13(11-22(12,23)2)9-16(26-3)19(28-5)20(17)29-6/h9-10,12,25H,8,11H2,1-7H3/b24-15+/t12-,22+,23?/m0/s1. The quantitative estimate of drug-likeness (QED) is 0.582. The lowest BCUT2D eigenvalue weighted by molar-refractivity contribution is 0.111. The van der Waals surface area contributed by atoms with E-state index in [1.54, 1.807) is 35.5 Å². The molecule has 30 heavy (non-hydrogen) atoms. The molecule has 3 aliphatic rings. The average molecular weight is 415 g/mol. The van der Waals surface area contributed by atoms with Crippen LogP contribution in [0.1, 0.15) is 31.4 Å². The van der Waals surface area contributed by atoms with E-state index < -0.39 is 5.41 Å². The van der Waals surface area contributed by atoms with E-state index in [0.29, 0.717) is 40.4 Å². The van der Waals surface area contributed by atoms with Crippen molar-refractivity contribution in [1.29, 1.82) is 0 Å². The fourth-order valence-electron chi connectivity index (χ4n) is 6.07. The van der Waals surface area contributed by atoms with Crippen molar-refractivity contribution in [3.8, 4) is 17.2 Å². The van der Waals surface area contributed by atoms with Gasteiger partial charge in [-0.05, 0) is 47.5 Å². The molecule has 4 rings (SSSR count). The molecular formula is C23H29NO6. The molecule has 1 aromatic rings. The number of benzene rings is 1. The van der Waals surface area contributed by atoms with Gasteiger partial charge >= 0.3 is 0 Å². The van der Waals surface area contributed by atoms with Crippen molar-refractivity contribution in [2.24, 2.45) is 16.5 Å². The van der Waals surface area contributed by atoms with E-state index in [2.05, 4.69) is 19.0 Å². The Morgan fingerprint density at radius 3 is 2.23 bits per heavy atom. The molecule has 7 nitrogen and oxygen atoms in total. The second-order valence-corrected chi connectivity index (χ2v) is 8.35. The lowest BCUT2D eigenvalue weighted by Gasteiger charge is -2.44. The van der Waals surface area contributed by atoms with Crippen LogP contribution in [0.25, 0.3) is 0 Å². The van der Waals surface area contributed by atoms with Crippen molar-refractivity contribution in [2.45, 2.75) is 32.1 Å². The molecule has 0 saturated heterocycles. The number of ether oxygens (including phenoxy) is 5. The summed E-state index contributed by atoms with van der Waals surface area (Å²) < 4.78 is 29.0. The minimum Gasteiger partial charge on any atom is -0.496 e. The van der Waals surface area contributed by atoms with E-state index in [1.165, 1.54) is 0 Å². The fraction of sp³-hybridized carbons (Fsp3) is 0.522. The second-order valence-electron chi connectivity index (χ2n) is 8.35. The van der Waals surface area contributed by atoms with Crippen LogP contribution in [0.5, 0.6) is 17.2 Å². The van der Waals surface area contributed by atoms with Crippen molar-refractivity contribution in [2.75, 3.05) is 35.5 Å². The first-order valence-electron chi connectivity index (χ1n) is 9.98. The van der Waals surface area contributed by atoms with E-state index in [-0.39, 0.29) is 5.41 Å². The topological polar surface area (TPSA) is 78.7 Å². The number of oxime groups is 1. The smallest absolute Gasteiger partial charge is 0.203 e. The molecule has 0 amide bonds. The molecule has 1 spiro atoms. The van der Waals surface area contributed by atoms with Crippen molar-refractivity contribution < 1.29 is 28.9 Å². The Bertz CT molecular complexity index is 994. The third kappa shape index (κ3) is 2.13. The minimum atomic E-state index is -0.624. The first-order valence-corrected chi connectivity index (χ1v) is 9.98. The molecule has 0 bridgehead atoms. The number of allylic oxidation sites excluding steroid dienone is 2. The summed E-state index contributed by atoms with van der Waals surface area (Å²) in [5.41, 5.74) is 2.78. The van der Waals surface area contributed by atoms with Gasteiger partial charge in [-0.15, -0.1) is 0 Å². The van der Waals surface area contributed by atoms with E-state index >= 15 is 0 Å². The van der Waals surface area contributed by atoms with Crippen LogP contribution in [-0.2, 0) is 21.3 Å². The molecule has 1 fully saturated rings. The van der Waals surface area contributed by atoms with Crippen LogP contribution in [0.3, 0.4) is 0 Å². The third-order valence-electron chi connectivity index (χ3n) is 7.40. The summed E-state index contributed by atoms with van der Waals surface area (Å²) in [4.78, 5) is 0. The highest BCUT2D eigenvalue weighted by Gasteiger charge is 2.69. The molecule has 1 N–H and O–H groups in total. The zero-order valence-corrected chi connectivity index (χ0v) is 18.6. The van der Waals surface area contributed by atoms with Gasteiger partial charge in [0.05, 0.1) is 41.0 Å². The Balaban J connectivity index is 2.19. The third-order valence-corrected chi connectivity index (χ3v) is 7.40. The fourth-order valence-corrected chi connectivity index (χ4v) is 6.07. The summed E-state index contributed by atoms with van der Waals surface area (Å²) in [5.74, 6) is 3.20. The minimum absolute atomic E-state index is 0.206. The summed E-state index contributed by atoms with van der Waals surface area (Å²) in [5, 5.41) is 13.1. The Hall–Kier alpha value is -2.83. The Labute approximate surface area is 176 Å². The highest BCUT2D eigenvalue weighted by molar-refractivity contribution is 6.09. The summed E-state index contributed by atoms with van der Waals surface area (Å²) >= 11 is 0. The maximum absolute atomic E-state index is 9.65. The maximum Gasteiger partial charge on any atom is 0.203 e. The first-order chi connectivity index (χ1) is 14.4. The van der Waals surface area contributed by atoms with E-state index in [1.807, 2.05) is 12.1 Å². The second kappa shape index (κ2) is 6.86. The summed E-state index contributed by atoms with van der Waals surface area (Å²) in [6, 6.07) is 2.04. The van der Waals surface area contributed by atoms with Gasteiger partial charge in [0.15, 0.2) is 23.0 Å². The summed E-state index contributed by atoms with van der Waals surface area (Å²) in [6.07, 6.45) is 3.58. The van der Waals surface area contributed by atoms with Crippen LogP contribution in [0.4, 0.5) is 0 Å². The molecule has 1 saturated carbocycles. The van der Waals surface area contributed by atoms with E-state index in [9.17, 15) is 5.21 Å². The lowest BCUT2D eigenvalue weighted by atomic mass is 9.60. The van der Waals surface area contributed by atoms with E-state index in [4.69, 9.17) is 23.7 Å². The van der Waals surface area contributed by atoms with Gasteiger partial charge in [0.25, 0.3) is 0 Å². The van der Waals surface area contributed by atoms with Gasteiger partial charge in [0.2, 0.25) is 5.75 Å². The number of rotatable bonds is 5. The normalized spacial score (nSPS) is 30.4. The van der Waals surface area contributed by atoms with Crippen molar-refractivity contribution in [3.05, 3.63) is 40.4 Å². The maximum atomic E-state index is 9.65. The molecule has 0 heterocycles. The number of methoxy groups -OCH3 is 5. The molecule has 1 unspecified atom stereocenters. The van der Waals surface area contributed by atoms with Gasteiger partial charge in [-0.3, -0.25) is 0 Å². The number of hydrogen-bond donors (Lipinski definition) is 1. The van der Waals surface area contributed by atoms with Crippen LogP contribution < -0.4 is 14.2 Å². The molecule has 0 aliphatic heterocycles. The number of fused-ring (bicyclic) bond motifs is 1. The van der Waals surface area contributed by atoms with Gasteiger partial charge in [-0.25, -0.2) is 0 Å². The van der Waals surface area contributed by atoms with Crippen molar-refractivity contribution in [3.63, 3.8) is 0 Å². The van der Waals surface area contributed by atoms with Gasteiger partial charge in [-0.1, -0.05) is 19.0 Å². The zero-order valence-electron chi connectivity index (χ0n) is 18.6. The summed E-state index contributed by atoms with van der Waals surface area (Å²) in [7, 11) is 8.07. The predicted octanol–water partition coefficient (Wildman–Crippen LogP) is 3.83.